The van der Waals surface area contributed by atoms with Crippen LogP contribution in [0.15, 0.2) is 36.8 Å². The minimum Gasteiger partial charge on any atom is -0.314 e. The molecule has 0 aliphatic carbocycles. The van der Waals surface area contributed by atoms with Crippen LogP contribution >= 0.6 is 23.2 Å². The molecule has 116 valence electrons. The van der Waals surface area contributed by atoms with E-state index in [0.717, 1.165) is 29.4 Å². The Labute approximate surface area is 142 Å². The summed E-state index contributed by atoms with van der Waals surface area (Å²) in [5.41, 5.74) is 1.76. The van der Waals surface area contributed by atoms with E-state index >= 15 is 0 Å². The summed E-state index contributed by atoms with van der Waals surface area (Å²) in [6, 6.07) is 7.61. The van der Waals surface area contributed by atoms with Gasteiger partial charge in [-0.2, -0.15) is 4.98 Å². The van der Waals surface area contributed by atoms with Gasteiger partial charge in [0.15, 0.2) is 11.6 Å². The van der Waals surface area contributed by atoms with Crippen LogP contribution in [-0.2, 0) is 0 Å². The molecular weight excluding hydrogens is 335 g/mol. The summed E-state index contributed by atoms with van der Waals surface area (Å²) in [4.78, 5) is 10.6. The Kier molecular flexibility index (Phi) is 3.43. The van der Waals surface area contributed by atoms with E-state index in [9.17, 15) is 0 Å². The molecule has 23 heavy (non-hydrogen) atoms. The molecule has 0 saturated heterocycles. The number of rotatable bonds is 2. The number of hydrogen-bond acceptors (Lipinski definition) is 5. The topological polar surface area (TPSA) is 59.7 Å². The van der Waals surface area contributed by atoms with Crippen molar-refractivity contribution in [2.45, 2.75) is 19.4 Å². The predicted octanol–water partition coefficient (Wildman–Crippen LogP) is 3.97. The van der Waals surface area contributed by atoms with Crippen molar-refractivity contribution in [3.8, 4) is 5.69 Å². The zero-order valence-electron chi connectivity index (χ0n) is 12.2. The Morgan fingerprint density at radius 1 is 1.17 bits per heavy atom. The molecule has 0 saturated carbocycles. The van der Waals surface area contributed by atoms with Gasteiger partial charge in [-0.05, 0) is 42.3 Å². The number of halogens is 2. The van der Waals surface area contributed by atoms with Crippen LogP contribution in [-0.4, -0.2) is 24.7 Å². The fourth-order valence-corrected chi connectivity index (χ4v) is 3.14. The summed E-state index contributed by atoms with van der Waals surface area (Å²) in [6.45, 7) is 2.10. The minimum absolute atomic E-state index is 0.00265. The Morgan fingerprint density at radius 2 is 1.96 bits per heavy atom. The SMILES string of the molecule is CCC1c2nncn2-c2cnc(Cl)nc2N1c1ccc(Cl)cc1. The van der Waals surface area contributed by atoms with Crippen molar-refractivity contribution in [3.63, 3.8) is 0 Å². The molecule has 4 rings (SSSR count). The maximum atomic E-state index is 6.04. The largest absolute Gasteiger partial charge is 0.314 e. The lowest BCUT2D eigenvalue weighted by Gasteiger charge is -2.36. The third kappa shape index (κ3) is 2.26. The maximum absolute atomic E-state index is 6.04. The third-order valence-corrected chi connectivity index (χ3v) is 4.32. The van der Waals surface area contributed by atoms with E-state index in [1.54, 1.807) is 12.5 Å². The van der Waals surface area contributed by atoms with Gasteiger partial charge in [-0.15, -0.1) is 10.2 Å². The number of anilines is 2. The fraction of sp³-hybridized carbons (Fsp3) is 0.200. The van der Waals surface area contributed by atoms with E-state index in [0.29, 0.717) is 5.02 Å². The zero-order chi connectivity index (χ0) is 16.0. The molecule has 0 amide bonds. The maximum Gasteiger partial charge on any atom is 0.224 e. The van der Waals surface area contributed by atoms with Crippen LogP contribution in [0.2, 0.25) is 10.3 Å². The van der Waals surface area contributed by atoms with Crippen LogP contribution < -0.4 is 4.90 Å². The smallest absolute Gasteiger partial charge is 0.224 e. The summed E-state index contributed by atoms with van der Waals surface area (Å²) in [5.74, 6) is 1.58. The number of fused-ring (bicyclic) bond motifs is 3. The summed E-state index contributed by atoms with van der Waals surface area (Å²) in [7, 11) is 0. The first-order valence-electron chi connectivity index (χ1n) is 7.16. The van der Waals surface area contributed by atoms with E-state index < -0.39 is 0 Å². The second kappa shape index (κ2) is 5.47. The van der Waals surface area contributed by atoms with Crippen molar-refractivity contribution in [2.24, 2.45) is 0 Å². The van der Waals surface area contributed by atoms with Gasteiger partial charge in [-0.1, -0.05) is 18.5 Å². The van der Waals surface area contributed by atoms with Crippen LogP contribution in [0, 0.1) is 0 Å². The molecule has 2 aromatic heterocycles. The quantitative estimate of drug-likeness (QED) is 0.657. The molecule has 1 unspecified atom stereocenters. The Morgan fingerprint density at radius 3 is 2.70 bits per heavy atom. The average Bonchev–Trinajstić information content (AvgIpc) is 3.03. The molecule has 0 bridgehead atoms. The summed E-state index contributed by atoms with van der Waals surface area (Å²) in [5, 5.41) is 9.21. The van der Waals surface area contributed by atoms with Gasteiger partial charge in [-0.3, -0.25) is 4.57 Å². The van der Waals surface area contributed by atoms with Crippen molar-refractivity contribution < 1.29 is 0 Å². The van der Waals surface area contributed by atoms with E-state index in [2.05, 4.69) is 32.0 Å². The van der Waals surface area contributed by atoms with Crippen LogP contribution in [0.5, 0.6) is 0 Å². The highest BCUT2D eigenvalue weighted by Crippen LogP contribution is 2.43. The molecule has 0 fully saturated rings. The van der Waals surface area contributed by atoms with Gasteiger partial charge in [0.25, 0.3) is 0 Å². The molecule has 0 radical (unpaired) electrons. The number of benzene rings is 1. The summed E-state index contributed by atoms with van der Waals surface area (Å²) in [6.07, 6.45) is 4.20. The van der Waals surface area contributed by atoms with E-state index in [1.807, 2.05) is 28.8 Å². The molecule has 1 atom stereocenters. The van der Waals surface area contributed by atoms with Crippen LogP contribution in [0.1, 0.15) is 25.2 Å². The number of nitrogens with zero attached hydrogens (tertiary/aromatic N) is 6. The highest BCUT2D eigenvalue weighted by Gasteiger charge is 2.34. The molecule has 8 heteroatoms. The second-order valence-electron chi connectivity index (χ2n) is 5.18. The molecule has 1 aromatic carbocycles. The van der Waals surface area contributed by atoms with Gasteiger partial charge in [0.05, 0.1) is 12.2 Å². The van der Waals surface area contributed by atoms with Crippen LogP contribution in [0.4, 0.5) is 11.5 Å². The second-order valence-corrected chi connectivity index (χ2v) is 5.95. The zero-order valence-corrected chi connectivity index (χ0v) is 13.7. The molecule has 6 nitrogen and oxygen atoms in total. The number of aromatic nitrogens is 5. The Hall–Kier alpha value is -2.18. The average molecular weight is 347 g/mol. The molecule has 0 spiro atoms. The van der Waals surface area contributed by atoms with Crippen molar-refractivity contribution in [1.82, 2.24) is 24.7 Å². The monoisotopic (exact) mass is 346 g/mol. The Balaban J connectivity index is 1.97. The first-order chi connectivity index (χ1) is 11.2. The molecule has 3 heterocycles. The normalized spacial score (nSPS) is 16.1. The van der Waals surface area contributed by atoms with Gasteiger partial charge < -0.3 is 4.90 Å². The van der Waals surface area contributed by atoms with Crippen molar-refractivity contribution in [1.29, 1.82) is 0 Å². The highest BCUT2D eigenvalue weighted by atomic mass is 35.5. The number of hydrogen-bond donors (Lipinski definition) is 0. The molecular formula is C15H12Cl2N6. The van der Waals surface area contributed by atoms with E-state index in [1.165, 1.54) is 0 Å². The van der Waals surface area contributed by atoms with Gasteiger partial charge in [0.1, 0.15) is 12.0 Å². The highest BCUT2D eigenvalue weighted by molar-refractivity contribution is 6.30. The predicted molar refractivity (Wildman–Crippen MR) is 88.6 cm³/mol. The van der Waals surface area contributed by atoms with Crippen LogP contribution in [0.3, 0.4) is 0 Å². The van der Waals surface area contributed by atoms with Gasteiger partial charge in [0, 0.05) is 10.7 Å². The Bertz CT molecular complexity index is 861. The summed E-state index contributed by atoms with van der Waals surface area (Å²) < 4.78 is 1.91. The molecule has 0 N–H and O–H groups in total. The summed E-state index contributed by atoms with van der Waals surface area (Å²) >= 11 is 12.1. The van der Waals surface area contributed by atoms with Crippen LogP contribution in [0.25, 0.3) is 5.69 Å². The first-order valence-corrected chi connectivity index (χ1v) is 7.92. The van der Waals surface area contributed by atoms with Crippen molar-refractivity contribution >= 4 is 34.7 Å². The van der Waals surface area contributed by atoms with Crippen molar-refractivity contribution in [3.05, 3.63) is 52.9 Å². The van der Waals surface area contributed by atoms with Gasteiger partial charge in [-0.25, -0.2) is 4.98 Å². The van der Waals surface area contributed by atoms with Crippen molar-refractivity contribution in [2.75, 3.05) is 4.90 Å². The molecule has 3 aromatic rings. The minimum atomic E-state index is -0.00265. The standard InChI is InChI=1S/C15H12Cl2N6/c1-2-11-14-21-19-8-22(14)12-7-18-15(17)20-13(12)23(11)10-5-3-9(16)4-6-10/h3-8,11H,2H2,1H3. The lowest BCUT2D eigenvalue weighted by atomic mass is 10.1. The van der Waals surface area contributed by atoms with Gasteiger partial charge >= 0.3 is 0 Å². The lowest BCUT2D eigenvalue weighted by molar-refractivity contribution is 0.589. The van der Waals surface area contributed by atoms with E-state index in [-0.39, 0.29) is 11.3 Å². The fourth-order valence-electron chi connectivity index (χ4n) is 2.88. The lowest BCUT2D eigenvalue weighted by Crippen LogP contribution is -2.32. The van der Waals surface area contributed by atoms with E-state index in [4.69, 9.17) is 23.2 Å². The molecule has 1 aliphatic heterocycles. The van der Waals surface area contributed by atoms with Gasteiger partial charge in [0.2, 0.25) is 5.28 Å². The molecule has 1 aliphatic rings. The third-order valence-electron chi connectivity index (χ3n) is 3.88. The first kappa shape index (κ1) is 14.4.